The maximum absolute atomic E-state index is 13.7. The normalized spacial score (nSPS) is 18.8. The molecule has 2 aliphatic heterocycles. The summed E-state index contributed by atoms with van der Waals surface area (Å²) >= 11 is 3.40. The number of carbonyl (C=O) groups excluding carboxylic acids is 2. The molecule has 2 heterocycles. The fourth-order valence-corrected chi connectivity index (χ4v) is 6.87. The van der Waals surface area contributed by atoms with E-state index in [0.717, 1.165) is 5.56 Å². The van der Waals surface area contributed by atoms with Crippen molar-refractivity contribution in [2.24, 2.45) is 5.92 Å². The minimum Gasteiger partial charge on any atom is -0.326 e. The number of hydrogen-bond donors (Lipinski definition) is 1. The molecule has 0 bridgehead atoms. The lowest BCUT2D eigenvalue weighted by molar-refractivity contribution is -0.121. The van der Waals surface area contributed by atoms with Crippen LogP contribution in [0.25, 0.3) is 0 Å². The number of anilines is 2. The molecule has 0 aliphatic carbocycles. The summed E-state index contributed by atoms with van der Waals surface area (Å²) in [6.45, 7) is 2.50. The van der Waals surface area contributed by atoms with E-state index in [0.29, 0.717) is 41.7 Å². The average molecular weight is 538 g/mol. The van der Waals surface area contributed by atoms with Crippen molar-refractivity contribution in [1.29, 1.82) is 0 Å². The fourth-order valence-electron chi connectivity index (χ4n) is 4.43. The van der Waals surface area contributed by atoms with E-state index in [9.17, 15) is 22.4 Å². The monoisotopic (exact) mass is 537 g/mol. The zero-order chi connectivity index (χ0) is 23.8. The van der Waals surface area contributed by atoms with E-state index in [-0.39, 0.29) is 36.2 Å². The molecule has 2 aliphatic rings. The van der Waals surface area contributed by atoms with Gasteiger partial charge in [-0.1, -0.05) is 28.9 Å². The highest BCUT2D eigenvalue weighted by Crippen LogP contribution is 2.39. The molecule has 1 saturated heterocycles. The van der Waals surface area contributed by atoms with E-state index in [1.807, 2.05) is 6.07 Å². The van der Waals surface area contributed by atoms with Gasteiger partial charge in [-0.05, 0) is 55.2 Å². The Morgan fingerprint density at radius 2 is 2.00 bits per heavy atom. The second-order valence-corrected chi connectivity index (χ2v) is 11.1. The standard InChI is InChI=1S/C23H25BrFN3O4S/c1-2-21(29)28-10-8-15-11-17(24)12-20(22(15)28)33(31,32)27-9-4-5-16(14-27)23(30)26-19-7-3-6-18(25)13-19/h3,6-7,11-13,16H,2,4-5,8-10,14H2,1H3,(H,26,30). The van der Waals surface area contributed by atoms with Crippen molar-refractivity contribution < 1.29 is 22.4 Å². The highest BCUT2D eigenvalue weighted by Gasteiger charge is 2.38. The van der Waals surface area contributed by atoms with Gasteiger partial charge in [-0.25, -0.2) is 12.8 Å². The smallest absolute Gasteiger partial charge is 0.245 e. The zero-order valence-corrected chi connectivity index (χ0v) is 20.6. The molecule has 33 heavy (non-hydrogen) atoms. The van der Waals surface area contributed by atoms with Crippen LogP contribution in [0.5, 0.6) is 0 Å². The Bertz CT molecular complexity index is 1200. The first kappa shape index (κ1) is 23.8. The fraction of sp³-hybridized carbons (Fsp3) is 0.391. The van der Waals surface area contributed by atoms with Crippen molar-refractivity contribution in [2.45, 2.75) is 37.5 Å². The van der Waals surface area contributed by atoms with E-state index in [1.165, 1.54) is 28.6 Å². The third-order valence-electron chi connectivity index (χ3n) is 6.06. The van der Waals surface area contributed by atoms with E-state index >= 15 is 0 Å². The van der Waals surface area contributed by atoms with Gasteiger partial charge in [0.25, 0.3) is 0 Å². The molecule has 7 nitrogen and oxygen atoms in total. The topological polar surface area (TPSA) is 86.8 Å². The summed E-state index contributed by atoms with van der Waals surface area (Å²) in [5.74, 6) is -1.50. The van der Waals surface area contributed by atoms with Crippen molar-refractivity contribution in [3.63, 3.8) is 0 Å². The van der Waals surface area contributed by atoms with Gasteiger partial charge in [-0.15, -0.1) is 0 Å². The molecule has 10 heteroatoms. The number of carbonyl (C=O) groups is 2. The Morgan fingerprint density at radius 1 is 1.21 bits per heavy atom. The summed E-state index contributed by atoms with van der Waals surface area (Å²) in [5, 5.41) is 2.68. The number of piperidine rings is 1. The minimum absolute atomic E-state index is 0.0203. The summed E-state index contributed by atoms with van der Waals surface area (Å²) in [4.78, 5) is 26.9. The van der Waals surface area contributed by atoms with E-state index in [2.05, 4.69) is 21.2 Å². The number of nitrogens with zero attached hydrogens (tertiary/aromatic N) is 2. The average Bonchev–Trinajstić information content (AvgIpc) is 3.21. The number of nitrogens with one attached hydrogen (secondary N) is 1. The highest BCUT2D eigenvalue weighted by molar-refractivity contribution is 9.10. The number of hydrogen-bond acceptors (Lipinski definition) is 4. The van der Waals surface area contributed by atoms with Gasteiger partial charge in [0, 0.05) is 36.2 Å². The zero-order valence-electron chi connectivity index (χ0n) is 18.2. The van der Waals surface area contributed by atoms with Crippen LogP contribution in [0.1, 0.15) is 31.7 Å². The molecule has 1 atom stereocenters. The molecule has 2 aromatic rings. The number of halogens is 2. The number of benzene rings is 2. The molecule has 2 amide bonds. The molecule has 1 fully saturated rings. The summed E-state index contributed by atoms with van der Waals surface area (Å²) in [6, 6.07) is 8.98. The molecule has 0 radical (unpaired) electrons. The van der Waals surface area contributed by atoms with E-state index in [4.69, 9.17) is 0 Å². The van der Waals surface area contributed by atoms with Gasteiger partial charge < -0.3 is 10.2 Å². The lowest BCUT2D eigenvalue weighted by atomic mass is 9.99. The van der Waals surface area contributed by atoms with Gasteiger partial charge in [-0.2, -0.15) is 4.31 Å². The van der Waals surface area contributed by atoms with E-state index < -0.39 is 21.8 Å². The molecule has 4 rings (SSSR count). The molecular formula is C23H25BrFN3O4S. The van der Waals surface area contributed by atoms with Crippen LogP contribution >= 0.6 is 15.9 Å². The first-order valence-corrected chi connectivity index (χ1v) is 13.1. The molecular weight excluding hydrogens is 513 g/mol. The molecule has 1 unspecified atom stereocenters. The van der Waals surface area contributed by atoms with Crippen LogP contribution in [-0.2, 0) is 26.0 Å². The Labute approximate surface area is 201 Å². The SMILES string of the molecule is CCC(=O)N1CCc2cc(Br)cc(S(=O)(=O)N3CCCC(C(=O)Nc4cccc(F)c4)C3)c21. The van der Waals surface area contributed by atoms with Crippen LogP contribution in [0, 0.1) is 11.7 Å². The summed E-state index contributed by atoms with van der Waals surface area (Å²) < 4.78 is 42.8. The number of amides is 2. The van der Waals surface area contributed by atoms with Gasteiger partial charge in [0.05, 0.1) is 11.6 Å². The minimum atomic E-state index is -3.96. The molecule has 176 valence electrons. The second kappa shape index (κ2) is 9.52. The summed E-state index contributed by atoms with van der Waals surface area (Å²) in [5.41, 5.74) is 1.58. The molecule has 0 aromatic heterocycles. The molecule has 2 aromatic carbocycles. The van der Waals surface area contributed by atoms with Gasteiger partial charge in [0.1, 0.15) is 10.7 Å². The maximum atomic E-state index is 13.7. The molecule has 0 spiro atoms. The van der Waals surface area contributed by atoms with Crippen molar-refractivity contribution in [3.05, 3.63) is 52.3 Å². The van der Waals surface area contributed by atoms with Crippen molar-refractivity contribution in [1.82, 2.24) is 4.31 Å². The lowest BCUT2D eigenvalue weighted by Gasteiger charge is -2.32. The van der Waals surface area contributed by atoms with Crippen LogP contribution in [0.15, 0.2) is 45.8 Å². The van der Waals surface area contributed by atoms with Gasteiger partial charge >= 0.3 is 0 Å². The first-order chi connectivity index (χ1) is 15.7. The molecule has 1 N–H and O–H groups in total. The van der Waals surface area contributed by atoms with E-state index in [1.54, 1.807) is 17.9 Å². The number of sulfonamides is 1. The summed E-state index contributed by atoms with van der Waals surface area (Å²) in [6.07, 6.45) is 1.92. The Kier molecular flexibility index (Phi) is 6.88. The largest absolute Gasteiger partial charge is 0.326 e. The lowest BCUT2D eigenvalue weighted by Crippen LogP contribution is -2.44. The van der Waals surface area contributed by atoms with Crippen molar-refractivity contribution >= 4 is 49.1 Å². The number of fused-ring (bicyclic) bond motifs is 1. The van der Waals surface area contributed by atoms with Crippen LogP contribution < -0.4 is 10.2 Å². The predicted octanol–water partition coefficient (Wildman–Crippen LogP) is 3.93. The van der Waals surface area contributed by atoms with Crippen molar-refractivity contribution in [3.8, 4) is 0 Å². The van der Waals surface area contributed by atoms with Crippen molar-refractivity contribution in [2.75, 3.05) is 29.9 Å². The third-order valence-corrected chi connectivity index (χ3v) is 8.40. The number of rotatable bonds is 5. The van der Waals surface area contributed by atoms with Crippen LogP contribution in [0.2, 0.25) is 0 Å². The summed E-state index contributed by atoms with van der Waals surface area (Å²) in [7, 11) is -3.96. The van der Waals surface area contributed by atoms with Crippen LogP contribution in [0.3, 0.4) is 0 Å². The Hall–Kier alpha value is -2.30. The second-order valence-electron chi connectivity index (χ2n) is 8.26. The van der Waals surface area contributed by atoms with Gasteiger partial charge in [-0.3, -0.25) is 9.59 Å². The Morgan fingerprint density at radius 3 is 2.73 bits per heavy atom. The predicted molar refractivity (Wildman–Crippen MR) is 127 cm³/mol. The van der Waals surface area contributed by atoms with Crippen LogP contribution in [-0.4, -0.2) is 44.2 Å². The van der Waals surface area contributed by atoms with Crippen LogP contribution in [0.4, 0.5) is 15.8 Å². The van der Waals surface area contributed by atoms with Gasteiger partial charge in [0.2, 0.25) is 21.8 Å². The third kappa shape index (κ3) is 4.83. The molecule has 0 saturated carbocycles. The highest BCUT2D eigenvalue weighted by atomic mass is 79.9. The maximum Gasteiger partial charge on any atom is 0.245 e. The Balaban J connectivity index is 1.60. The van der Waals surface area contributed by atoms with Gasteiger partial charge in [0.15, 0.2) is 0 Å². The quantitative estimate of drug-likeness (QED) is 0.626. The first-order valence-electron chi connectivity index (χ1n) is 10.9.